The van der Waals surface area contributed by atoms with E-state index in [-0.39, 0.29) is 0 Å². The highest BCUT2D eigenvalue weighted by atomic mass is 16.5. The number of nitrogens with two attached hydrogens (primary N) is 1. The van der Waals surface area contributed by atoms with E-state index in [1.165, 1.54) is 12.8 Å². The maximum atomic E-state index is 5.81. The SMILES string of the molecule is CN(Cc1cccnc1N)CC1CCCO1. The van der Waals surface area contributed by atoms with Gasteiger partial charge in [0.2, 0.25) is 0 Å². The van der Waals surface area contributed by atoms with Gasteiger partial charge in [0.1, 0.15) is 5.82 Å². The van der Waals surface area contributed by atoms with Crippen molar-refractivity contribution in [2.75, 3.05) is 25.9 Å². The highest BCUT2D eigenvalue weighted by molar-refractivity contribution is 5.38. The van der Waals surface area contributed by atoms with Gasteiger partial charge in [-0.1, -0.05) is 6.07 Å². The van der Waals surface area contributed by atoms with Gasteiger partial charge in [0.15, 0.2) is 0 Å². The number of rotatable bonds is 4. The van der Waals surface area contributed by atoms with Crippen LogP contribution in [0.25, 0.3) is 0 Å². The molecule has 1 aromatic heterocycles. The summed E-state index contributed by atoms with van der Waals surface area (Å²) >= 11 is 0. The molecular weight excluding hydrogens is 202 g/mol. The lowest BCUT2D eigenvalue weighted by molar-refractivity contribution is 0.0793. The minimum atomic E-state index is 0.392. The summed E-state index contributed by atoms with van der Waals surface area (Å²) in [5.41, 5.74) is 6.89. The largest absolute Gasteiger partial charge is 0.383 e. The lowest BCUT2D eigenvalue weighted by Crippen LogP contribution is -2.28. The second kappa shape index (κ2) is 5.27. The van der Waals surface area contributed by atoms with Gasteiger partial charge in [0.25, 0.3) is 0 Å². The summed E-state index contributed by atoms with van der Waals surface area (Å²) in [5.74, 6) is 0.627. The van der Waals surface area contributed by atoms with E-state index in [0.717, 1.165) is 25.3 Å². The number of likely N-dealkylation sites (N-methyl/N-ethyl adjacent to an activating group) is 1. The molecule has 0 spiro atoms. The fourth-order valence-corrected chi connectivity index (χ4v) is 2.08. The van der Waals surface area contributed by atoms with Gasteiger partial charge in [0, 0.05) is 31.5 Å². The average molecular weight is 221 g/mol. The fraction of sp³-hybridized carbons (Fsp3) is 0.583. The van der Waals surface area contributed by atoms with E-state index in [9.17, 15) is 0 Å². The zero-order chi connectivity index (χ0) is 11.4. The molecule has 0 amide bonds. The van der Waals surface area contributed by atoms with Crippen LogP contribution in [0.1, 0.15) is 18.4 Å². The minimum Gasteiger partial charge on any atom is -0.383 e. The fourth-order valence-electron chi connectivity index (χ4n) is 2.08. The van der Waals surface area contributed by atoms with Gasteiger partial charge in [-0.25, -0.2) is 4.98 Å². The second-order valence-corrected chi connectivity index (χ2v) is 4.38. The Bertz CT molecular complexity index is 337. The molecule has 1 aromatic rings. The number of nitrogens with zero attached hydrogens (tertiary/aromatic N) is 2. The quantitative estimate of drug-likeness (QED) is 0.832. The molecule has 2 heterocycles. The normalized spacial score (nSPS) is 20.5. The number of anilines is 1. The molecule has 1 atom stereocenters. The third-order valence-corrected chi connectivity index (χ3v) is 2.91. The molecule has 0 bridgehead atoms. The van der Waals surface area contributed by atoms with E-state index in [0.29, 0.717) is 11.9 Å². The predicted molar refractivity (Wildman–Crippen MR) is 64.0 cm³/mol. The zero-order valence-electron chi connectivity index (χ0n) is 9.72. The van der Waals surface area contributed by atoms with E-state index in [1.54, 1.807) is 6.20 Å². The molecule has 1 aliphatic rings. The summed E-state index contributed by atoms with van der Waals surface area (Å²) in [6.07, 6.45) is 4.47. The molecule has 0 saturated carbocycles. The molecule has 2 rings (SSSR count). The molecule has 4 heteroatoms. The van der Waals surface area contributed by atoms with E-state index >= 15 is 0 Å². The molecule has 1 aliphatic heterocycles. The molecule has 0 aliphatic carbocycles. The van der Waals surface area contributed by atoms with E-state index < -0.39 is 0 Å². The maximum Gasteiger partial charge on any atom is 0.127 e. The first kappa shape index (κ1) is 11.4. The Morgan fingerprint density at radius 3 is 3.19 bits per heavy atom. The maximum absolute atomic E-state index is 5.81. The summed E-state index contributed by atoms with van der Waals surface area (Å²) in [6, 6.07) is 3.94. The molecular formula is C12H19N3O. The molecule has 0 radical (unpaired) electrons. The van der Waals surface area contributed by atoms with Gasteiger partial charge in [-0.15, -0.1) is 0 Å². The Kier molecular flexibility index (Phi) is 3.74. The third kappa shape index (κ3) is 2.93. The Morgan fingerprint density at radius 1 is 1.62 bits per heavy atom. The second-order valence-electron chi connectivity index (χ2n) is 4.38. The van der Waals surface area contributed by atoms with Gasteiger partial charge in [0.05, 0.1) is 6.10 Å². The van der Waals surface area contributed by atoms with Crippen LogP contribution in [-0.4, -0.2) is 36.2 Å². The van der Waals surface area contributed by atoms with Crippen LogP contribution in [0.15, 0.2) is 18.3 Å². The summed E-state index contributed by atoms with van der Waals surface area (Å²) in [6.45, 7) is 2.71. The minimum absolute atomic E-state index is 0.392. The third-order valence-electron chi connectivity index (χ3n) is 2.91. The molecule has 1 fully saturated rings. The van der Waals surface area contributed by atoms with Crippen LogP contribution in [0.2, 0.25) is 0 Å². The number of hydrogen-bond acceptors (Lipinski definition) is 4. The molecule has 2 N–H and O–H groups in total. The first-order chi connectivity index (χ1) is 7.75. The van der Waals surface area contributed by atoms with Crippen LogP contribution in [0.5, 0.6) is 0 Å². The van der Waals surface area contributed by atoms with E-state index in [2.05, 4.69) is 16.9 Å². The molecule has 88 valence electrons. The Morgan fingerprint density at radius 2 is 2.50 bits per heavy atom. The number of nitrogen functional groups attached to an aromatic ring is 1. The number of hydrogen-bond donors (Lipinski definition) is 1. The summed E-state index contributed by atoms with van der Waals surface area (Å²) in [5, 5.41) is 0. The van der Waals surface area contributed by atoms with Gasteiger partial charge in [-0.3, -0.25) is 4.90 Å². The number of pyridine rings is 1. The number of aromatic nitrogens is 1. The van der Waals surface area contributed by atoms with Crippen molar-refractivity contribution in [3.63, 3.8) is 0 Å². The van der Waals surface area contributed by atoms with Gasteiger partial charge in [-0.2, -0.15) is 0 Å². The Balaban J connectivity index is 1.86. The van der Waals surface area contributed by atoms with Crippen LogP contribution in [0.3, 0.4) is 0 Å². The smallest absolute Gasteiger partial charge is 0.127 e. The monoisotopic (exact) mass is 221 g/mol. The zero-order valence-corrected chi connectivity index (χ0v) is 9.72. The Hall–Kier alpha value is -1.13. The van der Waals surface area contributed by atoms with Crippen LogP contribution in [0, 0.1) is 0 Å². The summed E-state index contributed by atoms with van der Waals surface area (Å²) < 4.78 is 5.60. The summed E-state index contributed by atoms with van der Waals surface area (Å²) in [4.78, 5) is 6.32. The number of ether oxygens (including phenoxy) is 1. The van der Waals surface area contributed by atoms with Crippen LogP contribution in [-0.2, 0) is 11.3 Å². The van der Waals surface area contributed by atoms with Crippen LogP contribution < -0.4 is 5.73 Å². The lowest BCUT2D eigenvalue weighted by Gasteiger charge is -2.20. The van der Waals surface area contributed by atoms with Crippen molar-refractivity contribution in [2.45, 2.75) is 25.5 Å². The van der Waals surface area contributed by atoms with Crippen LogP contribution in [0.4, 0.5) is 5.82 Å². The highest BCUT2D eigenvalue weighted by Crippen LogP contribution is 2.15. The molecule has 4 nitrogen and oxygen atoms in total. The van der Waals surface area contributed by atoms with Crippen molar-refractivity contribution in [1.82, 2.24) is 9.88 Å². The van der Waals surface area contributed by atoms with Crippen molar-refractivity contribution in [3.05, 3.63) is 23.9 Å². The van der Waals surface area contributed by atoms with Crippen molar-refractivity contribution in [1.29, 1.82) is 0 Å². The molecule has 1 saturated heterocycles. The van der Waals surface area contributed by atoms with E-state index in [4.69, 9.17) is 10.5 Å². The molecule has 0 aromatic carbocycles. The van der Waals surface area contributed by atoms with Crippen molar-refractivity contribution < 1.29 is 4.74 Å². The van der Waals surface area contributed by atoms with Gasteiger partial charge < -0.3 is 10.5 Å². The summed E-state index contributed by atoms with van der Waals surface area (Å²) in [7, 11) is 2.09. The van der Waals surface area contributed by atoms with Gasteiger partial charge in [-0.05, 0) is 26.0 Å². The first-order valence-electron chi connectivity index (χ1n) is 5.75. The Labute approximate surface area is 96.4 Å². The molecule has 16 heavy (non-hydrogen) atoms. The predicted octanol–water partition coefficient (Wildman–Crippen LogP) is 1.27. The van der Waals surface area contributed by atoms with E-state index in [1.807, 2.05) is 12.1 Å². The first-order valence-corrected chi connectivity index (χ1v) is 5.75. The topological polar surface area (TPSA) is 51.4 Å². The highest BCUT2D eigenvalue weighted by Gasteiger charge is 2.17. The van der Waals surface area contributed by atoms with Crippen molar-refractivity contribution >= 4 is 5.82 Å². The average Bonchev–Trinajstić information content (AvgIpc) is 2.74. The van der Waals surface area contributed by atoms with Crippen molar-refractivity contribution in [2.24, 2.45) is 0 Å². The van der Waals surface area contributed by atoms with Crippen LogP contribution >= 0.6 is 0 Å². The lowest BCUT2D eigenvalue weighted by atomic mass is 10.2. The van der Waals surface area contributed by atoms with Gasteiger partial charge >= 0.3 is 0 Å². The molecule has 1 unspecified atom stereocenters. The standard InChI is InChI=1S/C12H19N3O/c1-15(9-11-5-3-7-16-11)8-10-4-2-6-14-12(10)13/h2,4,6,11H,3,5,7-9H2,1H3,(H2,13,14). The van der Waals surface area contributed by atoms with Crippen molar-refractivity contribution in [3.8, 4) is 0 Å².